The molecule has 0 N–H and O–H groups in total. The molecule has 0 saturated heterocycles. The van der Waals surface area contributed by atoms with Crippen LogP contribution >= 0.6 is 0 Å². The van der Waals surface area contributed by atoms with Gasteiger partial charge in [0.1, 0.15) is 0 Å². The Labute approximate surface area is 122 Å². The average Bonchev–Trinajstić information content (AvgIpc) is 3.21. The van der Waals surface area contributed by atoms with Crippen LogP contribution in [-0.4, -0.2) is 27.4 Å². The topological polar surface area (TPSA) is 18.5 Å². The molecular weight excluding hydrogens is 248 g/mol. The van der Waals surface area contributed by atoms with Crippen molar-refractivity contribution in [1.82, 2.24) is 0 Å². The lowest BCUT2D eigenvalue weighted by atomic mass is 9.72. The van der Waals surface area contributed by atoms with Crippen LogP contribution in [0.4, 0.5) is 0 Å². The average molecular weight is 274 g/mol. The zero-order chi connectivity index (χ0) is 14.1. The van der Waals surface area contributed by atoms with E-state index in [1.54, 1.807) is 0 Å². The number of methoxy groups -OCH3 is 2. The predicted molar refractivity (Wildman–Crippen MR) is 80.7 cm³/mol. The van der Waals surface area contributed by atoms with Gasteiger partial charge in [-0.05, 0) is 49.0 Å². The van der Waals surface area contributed by atoms with Crippen LogP contribution in [0.2, 0.25) is 0 Å². The Balaban J connectivity index is 1.79. The van der Waals surface area contributed by atoms with E-state index in [0.717, 1.165) is 19.1 Å². The van der Waals surface area contributed by atoms with Gasteiger partial charge >= 0.3 is 0 Å². The summed E-state index contributed by atoms with van der Waals surface area (Å²) in [6.07, 6.45) is 6.51. The van der Waals surface area contributed by atoms with Crippen molar-refractivity contribution >= 4 is 0 Å². The number of hydrogen-bond acceptors (Lipinski definition) is 2. The molecule has 1 aromatic carbocycles. The van der Waals surface area contributed by atoms with Gasteiger partial charge in [-0.3, -0.25) is 0 Å². The highest BCUT2D eigenvalue weighted by atomic mass is 16.5. The van der Waals surface area contributed by atoms with Crippen LogP contribution in [0.5, 0.6) is 0 Å². The van der Waals surface area contributed by atoms with Gasteiger partial charge in [-0.25, -0.2) is 0 Å². The predicted octanol–water partition coefficient (Wildman–Crippen LogP) is 3.70. The van der Waals surface area contributed by atoms with Crippen molar-refractivity contribution in [3.05, 3.63) is 35.9 Å². The fourth-order valence-electron chi connectivity index (χ4n) is 4.70. The van der Waals surface area contributed by atoms with E-state index in [9.17, 15) is 0 Å². The van der Waals surface area contributed by atoms with Gasteiger partial charge in [-0.15, -0.1) is 0 Å². The molecular formula is C18H26O2. The maximum absolute atomic E-state index is 5.58. The van der Waals surface area contributed by atoms with Crippen LogP contribution in [0.25, 0.3) is 0 Å². The fourth-order valence-corrected chi connectivity index (χ4v) is 4.70. The van der Waals surface area contributed by atoms with Gasteiger partial charge in [0.15, 0.2) is 0 Å². The summed E-state index contributed by atoms with van der Waals surface area (Å²) >= 11 is 0. The molecule has 20 heavy (non-hydrogen) atoms. The second kappa shape index (κ2) is 5.50. The largest absolute Gasteiger partial charge is 0.384 e. The molecule has 3 rings (SSSR count). The van der Waals surface area contributed by atoms with E-state index in [1.807, 2.05) is 14.2 Å². The first-order chi connectivity index (χ1) is 9.76. The molecule has 2 aliphatic rings. The Morgan fingerprint density at radius 2 is 1.65 bits per heavy atom. The van der Waals surface area contributed by atoms with Crippen molar-refractivity contribution in [3.8, 4) is 0 Å². The quantitative estimate of drug-likeness (QED) is 0.787. The molecule has 1 atom stereocenters. The first-order valence-corrected chi connectivity index (χ1v) is 7.78. The van der Waals surface area contributed by atoms with Crippen LogP contribution in [0.1, 0.15) is 31.2 Å². The van der Waals surface area contributed by atoms with Gasteiger partial charge < -0.3 is 9.47 Å². The lowest BCUT2D eigenvalue weighted by Gasteiger charge is -2.37. The summed E-state index contributed by atoms with van der Waals surface area (Å²) in [5.41, 5.74) is 2.22. The molecule has 0 aliphatic heterocycles. The molecule has 0 radical (unpaired) electrons. The third-order valence-electron chi connectivity index (χ3n) is 5.76. The SMILES string of the molecule is COCC1(COC)CCC(Cc2ccccc2)C12CC2. The van der Waals surface area contributed by atoms with E-state index in [2.05, 4.69) is 30.3 Å². The second-order valence-electron chi connectivity index (χ2n) is 6.73. The third kappa shape index (κ3) is 2.19. The summed E-state index contributed by atoms with van der Waals surface area (Å²) in [5, 5.41) is 0. The molecule has 0 amide bonds. The summed E-state index contributed by atoms with van der Waals surface area (Å²) in [6, 6.07) is 10.9. The Kier molecular flexibility index (Phi) is 3.87. The van der Waals surface area contributed by atoms with Crippen LogP contribution in [0.3, 0.4) is 0 Å². The first kappa shape index (κ1) is 14.1. The van der Waals surface area contributed by atoms with E-state index in [4.69, 9.17) is 9.47 Å². The first-order valence-electron chi connectivity index (χ1n) is 7.78. The molecule has 0 aromatic heterocycles. The fraction of sp³-hybridized carbons (Fsp3) is 0.667. The summed E-state index contributed by atoms with van der Waals surface area (Å²) in [4.78, 5) is 0. The maximum atomic E-state index is 5.58. The van der Waals surface area contributed by atoms with E-state index < -0.39 is 0 Å². The van der Waals surface area contributed by atoms with Crippen molar-refractivity contribution in [2.75, 3.05) is 27.4 Å². The lowest BCUT2D eigenvalue weighted by Crippen LogP contribution is -2.39. The highest BCUT2D eigenvalue weighted by Gasteiger charge is 2.66. The van der Waals surface area contributed by atoms with Crippen molar-refractivity contribution in [1.29, 1.82) is 0 Å². The number of hydrogen-bond donors (Lipinski definition) is 0. The monoisotopic (exact) mass is 274 g/mol. The normalized spacial score (nSPS) is 26.0. The molecule has 110 valence electrons. The van der Waals surface area contributed by atoms with Gasteiger partial charge in [0.05, 0.1) is 13.2 Å². The third-order valence-corrected chi connectivity index (χ3v) is 5.76. The molecule has 2 heteroatoms. The highest BCUT2D eigenvalue weighted by molar-refractivity contribution is 5.21. The molecule has 2 aliphatic carbocycles. The molecule has 1 aromatic rings. The summed E-state index contributed by atoms with van der Waals surface area (Å²) in [6.45, 7) is 1.71. The molecule has 0 bridgehead atoms. The van der Waals surface area contributed by atoms with E-state index in [0.29, 0.717) is 5.41 Å². The van der Waals surface area contributed by atoms with Crippen molar-refractivity contribution in [2.24, 2.45) is 16.7 Å². The van der Waals surface area contributed by atoms with Gasteiger partial charge in [-0.2, -0.15) is 0 Å². The minimum Gasteiger partial charge on any atom is -0.384 e. The Morgan fingerprint density at radius 1 is 1.00 bits per heavy atom. The van der Waals surface area contributed by atoms with Crippen LogP contribution in [-0.2, 0) is 15.9 Å². The van der Waals surface area contributed by atoms with Crippen molar-refractivity contribution in [2.45, 2.75) is 32.1 Å². The van der Waals surface area contributed by atoms with Crippen LogP contribution in [0, 0.1) is 16.7 Å². The van der Waals surface area contributed by atoms with E-state index in [-0.39, 0.29) is 5.41 Å². The number of ether oxygens (including phenoxy) is 2. The highest BCUT2D eigenvalue weighted by Crippen LogP contribution is 2.71. The number of benzene rings is 1. The Hall–Kier alpha value is -0.860. The molecule has 2 nitrogen and oxygen atoms in total. The molecule has 1 unspecified atom stereocenters. The Morgan fingerprint density at radius 3 is 2.20 bits per heavy atom. The van der Waals surface area contributed by atoms with Gasteiger partial charge in [-0.1, -0.05) is 30.3 Å². The van der Waals surface area contributed by atoms with Crippen molar-refractivity contribution in [3.63, 3.8) is 0 Å². The van der Waals surface area contributed by atoms with Crippen LogP contribution < -0.4 is 0 Å². The maximum Gasteiger partial charge on any atom is 0.0546 e. The zero-order valence-corrected chi connectivity index (χ0v) is 12.7. The standard InChI is InChI=1S/C18H26O2/c1-19-13-17(14-20-2)9-8-16(18(17)10-11-18)12-15-6-4-3-5-7-15/h3-7,16H,8-14H2,1-2H3. The minimum absolute atomic E-state index is 0.260. The van der Waals surface area contributed by atoms with Gasteiger partial charge in [0, 0.05) is 19.6 Å². The van der Waals surface area contributed by atoms with Gasteiger partial charge in [0.2, 0.25) is 0 Å². The summed E-state index contributed by atoms with van der Waals surface area (Å²) in [5.74, 6) is 0.801. The smallest absolute Gasteiger partial charge is 0.0546 e. The van der Waals surface area contributed by atoms with Gasteiger partial charge in [0.25, 0.3) is 0 Å². The Bertz CT molecular complexity index is 430. The molecule has 2 saturated carbocycles. The molecule has 0 heterocycles. The van der Waals surface area contributed by atoms with Crippen LogP contribution in [0.15, 0.2) is 30.3 Å². The zero-order valence-electron chi connectivity index (χ0n) is 12.7. The molecule has 2 fully saturated rings. The van der Waals surface area contributed by atoms with Crippen molar-refractivity contribution < 1.29 is 9.47 Å². The lowest BCUT2D eigenvalue weighted by molar-refractivity contribution is -0.0327. The molecule has 1 spiro atoms. The van der Waals surface area contributed by atoms with E-state index >= 15 is 0 Å². The second-order valence-corrected chi connectivity index (χ2v) is 6.73. The summed E-state index contributed by atoms with van der Waals surface area (Å²) in [7, 11) is 3.66. The minimum atomic E-state index is 0.260. The summed E-state index contributed by atoms with van der Waals surface area (Å²) < 4.78 is 11.2. The van der Waals surface area contributed by atoms with E-state index in [1.165, 1.54) is 37.7 Å². The number of rotatable bonds is 6.